The molecule has 1 unspecified atom stereocenters. The second-order valence-electron chi connectivity index (χ2n) is 6.48. The van der Waals surface area contributed by atoms with Gasteiger partial charge in [0.15, 0.2) is 17.3 Å². The Balaban J connectivity index is 2.12. The van der Waals surface area contributed by atoms with Gasteiger partial charge in [-0.25, -0.2) is 4.39 Å². The van der Waals surface area contributed by atoms with E-state index in [2.05, 4.69) is 20.5 Å². The van der Waals surface area contributed by atoms with Crippen LogP contribution < -0.4 is 10.9 Å². The van der Waals surface area contributed by atoms with Crippen molar-refractivity contribution in [1.82, 2.24) is 24.5 Å². The number of aromatic nitrogens is 4. The van der Waals surface area contributed by atoms with Crippen LogP contribution in [0.5, 0.6) is 0 Å². The van der Waals surface area contributed by atoms with Crippen molar-refractivity contribution in [2.75, 3.05) is 14.1 Å². The van der Waals surface area contributed by atoms with E-state index in [1.807, 2.05) is 0 Å². The topological polar surface area (TPSA) is 100 Å². The Morgan fingerprint density at radius 3 is 2.90 bits per heavy atom. The number of hydrogen-bond acceptors (Lipinski definition) is 6. The molecular weight excluding hydrogens is 385 g/mol. The highest BCUT2D eigenvalue weighted by molar-refractivity contribution is 6.08. The first-order chi connectivity index (χ1) is 14.5. The maximum atomic E-state index is 14.6. The third-order valence-electron chi connectivity index (χ3n) is 4.58. The third-order valence-corrected chi connectivity index (χ3v) is 4.58. The summed E-state index contributed by atoms with van der Waals surface area (Å²) in [5.74, 6) is -0.164. The molecule has 1 atom stereocenters. The van der Waals surface area contributed by atoms with E-state index in [4.69, 9.17) is 5.41 Å². The molecule has 0 aromatic carbocycles. The Morgan fingerprint density at radius 2 is 2.20 bits per heavy atom. The van der Waals surface area contributed by atoms with Crippen LogP contribution in [-0.2, 0) is 0 Å². The Hall–Kier alpha value is -3.88. The van der Waals surface area contributed by atoms with Crippen LogP contribution in [0.15, 0.2) is 52.7 Å². The molecule has 0 aliphatic heterocycles. The van der Waals surface area contributed by atoms with Gasteiger partial charge in [0.2, 0.25) is 0 Å². The molecule has 154 valence electrons. The average Bonchev–Trinajstić information content (AvgIpc) is 3.17. The molecule has 0 spiro atoms. The van der Waals surface area contributed by atoms with Crippen molar-refractivity contribution in [1.29, 1.82) is 5.41 Å². The number of fused-ring (bicyclic) bond motifs is 1. The van der Waals surface area contributed by atoms with Gasteiger partial charge in [-0.1, -0.05) is 0 Å². The van der Waals surface area contributed by atoms with Gasteiger partial charge in [0, 0.05) is 61.8 Å². The van der Waals surface area contributed by atoms with Gasteiger partial charge in [0.05, 0.1) is 6.04 Å². The molecule has 0 bridgehead atoms. The predicted octanol–water partition coefficient (Wildman–Crippen LogP) is 2.56. The van der Waals surface area contributed by atoms with Crippen molar-refractivity contribution in [2.45, 2.75) is 13.0 Å². The summed E-state index contributed by atoms with van der Waals surface area (Å²) in [7, 11) is 3.35. The Kier molecular flexibility index (Phi) is 6.31. The van der Waals surface area contributed by atoms with Crippen LogP contribution in [0, 0.1) is 11.2 Å². The molecule has 0 saturated heterocycles. The van der Waals surface area contributed by atoms with E-state index in [1.54, 1.807) is 70.1 Å². The lowest BCUT2D eigenvalue weighted by molar-refractivity contribution is 0.571. The van der Waals surface area contributed by atoms with Crippen LogP contribution in [0.25, 0.3) is 17.3 Å². The Morgan fingerprint density at radius 1 is 1.40 bits per heavy atom. The van der Waals surface area contributed by atoms with Crippen LogP contribution in [0.4, 0.5) is 4.39 Å². The summed E-state index contributed by atoms with van der Waals surface area (Å²) in [6, 6.07) is 4.27. The lowest BCUT2D eigenvalue weighted by Gasteiger charge is -2.15. The molecule has 2 N–H and O–H groups in total. The van der Waals surface area contributed by atoms with Gasteiger partial charge in [-0.3, -0.25) is 14.2 Å². The van der Waals surface area contributed by atoms with Crippen molar-refractivity contribution >= 4 is 29.7 Å². The van der Waals surface area contributed by atoms with Crippen molar-refractivity contribution in [3.05, 3.63) is 76.0 Å². The van der Waals surface area contributed by atoms with Crippen molar-refractivity contribution < 1.29 is 4.39 Å². The fourth-order valence-electron chi connectivity index (χ4n) is 3.09. The average molecular weight is 407 g/mol. The SMILES string of the molecule is C/N=C\C=C/c1cccn(C(C)c2nnc3c(F)cc(/C(C=N)=C/NC)cn23)c1=O. The monoisotopic (exact) mass is 407 g/mol. The van der Waals surface area contributed by atoms with Gasteiger partial charge in [0.1, 0.15) is 0 Å². The number of hydrogen-bond donors (Lipinski definition) is 2. The standard InChI is InChI=1S/C21H22FN7O/c1-14(28-9-5-7-15(21(28)30)6-4-8-24-2)19-26-27-20-18(22)10-16(13-29(19)20)17(11-23)12-25-3/h4-14,23,25H,1-3H3/b6-4-,17-12+,23-11?,24-8-. The number of nitrogens with zero attached hydrogens (tertiary/aromatic N) is 5. The van der Waals surface area contributed by atoms with Gasteiger partial charge in [0.25, 0.3) is 5.56 Å². The molecule has 0 saturated carbocycles. The molecule has 0 aliphatic rings. The summed E-state index contributed by atoms with van der Waals surface area (Å²) in [6.45, 7) is 1.80. The third kappa shape index (κ3) is 3.95. The first-order valence-electron chi connectivity index (χ1n) is 9.24. The first-order valence-corrected chi connectivity index (χ1v) is 9.24. The van der Waals surface area contributed by atoms with E-state index in [-0.39, 0.29) is 11.2 Å². The number of aliphatic imine (C=N–C) groups is 1. The first kappa shape index (κ1) is 20.8. The summed E-state index contributed by atoms with van der Waals surface area (Å²) in [5.41, 5.74) is 1.31. The highest BCUT2D eigenvalue weighted by Crippen LogP contribution is 2.21. The van der Waals surface area contributed by atoms with Gasteiger partial charge < -0.3 is 15.3 Å². The van der Waals surface area contributed by atoms with E-state index in [1.165, 1.54) is 15.0 Å². The summed E-state index contributed by atoms with van der Waals surface area (Å²) in [5, 5.41) is 18.5. The highest BCUT2D eigenvalue weighted by Gasteiger charge is 2.20. The maximum Gasteiger partial charge on any atom is 0.258 e. The molecule has 0 amide bonds. The normalized spacial score (nSPS) is 13.4. The van der Waals surface area contributed by atoms with E-state index >= 15 is 0 Å². The highest BCUT2D eigenvalue weighted by atomic mass is 19.1. The molecule has 0 radical (unpaired) electrons. The lowest BCUT2D eigenvalue weighted by Crippen LogP contribution is -2.26. The minimum absolute atomic E-state index is 0.0534. The maximum absolute atomic E-state index is 14.6. The summed E-state index contributed by atoms with van der Waals surface area (Å²) in [6.07, 6.45) is 11.0. The predicted molar refractivity (Wildman–Crippen MR) is 117 cm³/mol. The van der Waals surface area contributed by atoms with Gasteiger partial charge >= 0.3 is 0 Å². The number of halogens is 1. The largest absolute Gasteiger partial charge is 0.393 e. The molecule has 8 nitrogen and oxygen atoms in total. The van der Waals surface area contributed by atoms with E-state index in [0.717, 1.165) is 6.21 Å². The van der Waals surface area contributed by atoms with Crippen LogP contribution >= 0.6 is 0 Å². The number of allylic oxidation sites excluding steroid dienone is 2. The second-order valence-corrected chi connectivity index (χ2v) is 6.48. The Bertz CT molecular complexity index is 1220. The number of pyridine rings is 2. The Labute approximate surface area is 172 Å². The number of rotatable bonds is 7. The zero-order valence-electron chi connectivity index (χ0n) is 16.9. The van der Waals surface area contributed by atoms with E-state index in [0.29, 0.717) is 22.5 Å². The van der Waals surface area contributed by atoms with Crippen LogP contribution in [0.3, 0.4) is 0 Å². The second kappa shape index (κ2) is 9.08. The smallest absolute Gasteiger partial charge is 0.258 e. The minimum atomic E-state index is -0.565. The molecule has 3 rings (SSSR count). The van der Waals surface area contributed by atoms with Crippen molar-refractivity contribution in [3.63, 3.8) is 0 Å². The molecule has 0 fully saturated rings. The lowest BCUT2D eigenvalue weighted by atomic mass is 10.1. The van der Waals surface area contributed by atoms with E-state index < -0.39 is 11.9 Å². The zero-order chi connectivity index (χ0) is 21.7. The van der Waals surface area contributed by atoms with Crippen LogP contribution in [0.1, 0.15) is 29.9 Å². The fraction of sp³-hybridized carbons (Fsp3) is 0.190. The van der Waals surface area contributed by atoms with Crippen LogP contribution in [0.2, 0.25) is 0 Å². The number of nitrogens with one attached hydrogen (secondary N) is 2. The molecule has 30 heavy (non-hydrogen) atoms. The minimum Gasteiger partial charge on any atom is -0.393 e. The van der Waals surface area contributed by atoms with Crippen molar-refractivity contribution in [3.8, 4) is 0 Å². The molecule has 3 aromatic rings. The summed E-state index contributed by atoms with van der Waals surface area (Å²) < 4.78 is 17.7. The van der Waals surface area contributed by atoms with Gasteiger partial charge in [-0.05, 0) is 37.3 Å². The van der Waals surface area contributed by atoms with Crippen LogP contribution in [-0.4, -0.2) is 45.7 Å². The molecule has 9 heteroatoms. The van der Waals surface area contributed by atoms with E-state index in [9.17, 15) is 9.18 Å². The molecule has 3 aromatic heterocycles. The zero-order valence-corrected chi connectivity index (χ0v) is 16.9. The fourth-order valence-corrected chi connectivity index (χ4v) is 3.09. The van der Waals surface area contributed by atoms with Gasteiger partial charge in [-0.15, -0.1) is 10.2 Å². The van der Waals surface area contributed by atoms with Crippen molar-refractivity contribution in [2.24, 2.45) is 4.99 Å². The molecular formula is C21H22FN7O. The van der Waals surface area contributed by atoms with Gasteiger partial charge in [-0.2, -0.15) is 0 Å². The quantitative estimate of drug-likeness (QED) is 0.588. The summed E-state index contributed by atoms with van der Waals surface area (Å²) >= 11 is 0. The summed E-state index contributed by atoms with van der Waals surface area (Å²) in [4.78, 5) is 16.8. The molecule has 3 heterocycles. The molecule has 0 aliphatic carbocycles.